The Balaban J connectivity index is 2.21. The lowest BCUT2D eigenvalue weighted by Crippen LogP contribution is -2.47. The van der Waals surface area contributed by atoms with Crippen molar-refractivity contribution < 1.29 is 14.5 Å². The van der Waals surface area contributed by atoms with Gasteiger partial charge >= 0.3 is 5.69 Å². The predicted octanol–water partition coefficient (Wildman–Crippen LogP) is 0.515. The molecular formula is C11H12N4O4. The van der Waals surface area contributed by atoms with E-state index in [-0.39, 0.29) is 30.3 Å². The second kappa shape index (κ2) is 5.01. The fourth-order valence-electron chi connectivity index (χ4n) is 1.80. The van der Waals surface area contributed by atoms with Crippen molar-refractivity contribution in [2.45, 2.75) is 25.8 Å². The fraction of sp³-hybridized carbons (Fsp3) is 0.364. The first-order valence-electron chi connectivity index (χ1n) is 5.68. The molecular weight excluding hydrogens is 252 g/mol. The van der Waals surface area contributed by atoms with Crippen LogP contribution in [0.3, 0.4) is 0 Å². The molecule has 0 bridgehead atoms. The standard InChI is InChI=1S/C11H12N4O4/c1-6-4-8(15(18)19)10(12-5-6)13-7-2-3-9(16)14-11(7)17/h4-5,7H,2-3H2,1H3,(H,12,13)(H,14,16,17). The van der Waals surface area contributed by atoms with Gasteiger partial charge in [-0.15, -0.1) is 0 Å². The van der Waals surface area contributed by atoms with E-state index in [4.69, 9.17) is 0 Å². The summed E-state index contributed by atoms with van der Waals surface area (Å²) < 4.78 is 0. The highest BCUT2D eigenvalue weighted by Crippen LogP contribution is 2.24. The van der Waals surface area contributed by atoms with Crippen LogP contribution < -0.4 is 10.6 Å². The summed E-state index contributed by atoms with van der Waals surface area (Å²) in [6.07, 6.45) is 1.96. The molecule has 100 valence electrons. The molecule has 1 atom stereocenters. The van der Waals surface area contributed by atoms with Crippen LogP contribution in [0.25, 0.3) is 0 Å². The normalized spacial score (nSPS) is 18.9. The summed E-state index contributed by atoms with van der Waals surface area (Å²) in [7, 11) is 0. The van der Waals surface area contributed by atoms with Gasteiger partial charge in [0.05, 0.1) is 4.92 Å². The molecule has 0 aromatic carbocycles. The van der Waals surface area contributed by atoms with Crippen molar-refractivity contribution in [1.82, 2.24) is 10.3 Å². The Hall–Kier alpha value is -2.51. The summed E-state index contributed by atoms with van der Waals surface area (Å²) in [6.45, 7) is 1.69. The molecule has 1 aliphatic heterocycles. The molecule has 19 heavy (non-hydrogen) atoms. The number of pyridine rings is 1. The topological polar surface area (TPSA) is 114 Å². The smallest absolute Gasteiger partial charge is 0.311 e. The maximum atomic E-state index is 11.6. The summed E-state index contributed by atoms with van der Waals surface area (Å²) in [5.41, 5.74) is 0.463. The van der Waals surface area contributed by atoms with Crippen LogP contribution in [0.15, 0.2) is 12.3 Å². The van der Waals surface area contributed by atoms with Crippen LogP contribution in [0, 0.1) is 17.0 Å². The van der Waals surface area contributed by atoms with E-state index in [9.17, 15) is 19.7 Å². The average Bonchev–Trinajstić information content (AvgIpc) is 2.34. The van der Waals surface area contributed by atoms with E-state index in [1.165, 1.54) is 12.3 Å². The summed E-state index contributed by atoms with van der Waals surface area (Å²) >= 11 is 0. The minimum absolute atomic E-state index is 0.0325. The molecule has 1 unspecified atom stereocenters. The number of rotatable bonds is 3. The van der Waals surface area contributed by atoms with Crippen LogP contribution in [0.1, 0.15) is 18.4 Å². The van der Waals surface area contributed by atoms with Gasteiger partial charge in [-0.05, 0) is 18.9 Å². The highest BCUT2D eigenvalue weighted by atomic mass is 16.6. The molecule has 1 aromatic heterocycles. The van der Waals surface area contributed by atoms with Crippen molar-refractivity contribution in [2.24, 2.45) is 0 Å². The zero-order valence-corrected chi connectivity index (χ0v) is 10.2. The molecule has 1 fully saturated rings. The molecule has 1 saturated heterocycles. The van der Waals surface area contributed by atoms with E-state index in [1.807, 2.05) is 0 Å². The Morgan fingerprint density at radius 3 is 2.89 bits per heavy atom. The molecule has 1 aromatic rings. The van der Waals surface area contributed by atoms with Gasteiger partial charge in [-0.3, -0.25) is 25.0 Å². The van der Waals surface area contributed by atoms with Gasteiger partial charge in [0.25, 0.3) is 0 Å². The predicted molar refractivity (Wildman–Crippen MR) is 65.4 cm³/mol. The summed E-state index contributed by atoms with van der Waals surface area (Å²) in [5, 5.41) is 15.8. The first kappa shape index (κ1) is 12.9. The molecule has 0 radical (unpaired) electrons. The van der Waals surface area contributed by atoms with E-state index in [0.29, 0.717) is 5.56 Å². The third kappa shape index (κ3) is 2.84. The van der Waals surface area contributed by atoms with Crippen molar-refractivity contribution in [3.63, 3.8) is 0 Å². The average molecular weight is 264 g/mol. The number of nitrogens with one attached hydrogen (secondary N) is 2. The van der Waals surface area contributed by atoms with Gasteiger partial charge in [-0.1, -0.05) is 0 Å². The zero-order valence-electron chi connectivity index (χ0n) is 10.2. The lowest BCUT2D eigenvalue weighted by molar-refractivity contribution is -0.384. The van der Waals surface area contributed by atoms with Crippen LogP contribution in [0.2, 0.25) is 0 Å². The second-order valence-corrected chi connectivity index (χ2v) is 4.29. The van der Waals surface area contributed by atoms with Crippen molar-refractivity contribution >= 4 is 23.3 Å². The maximum Gasteiger partial charge on any atom is 0.311 e. The van der Waals surface area contributed by atoms with Gasteiger partial charge in [-0.2, -0.15) is 0 Å². The van der Waals surface area contributed by atoms with E-state index in [1.54, 1.807) is 6.92 Å². The molecule has 0 aliphatic carbocycles. The number of amides is 2. The second-order valence-electron chi connectivity index (χ2n) is 4.29. The quantitative estimate of drug-likeness (QED) is 0.467. The number of hydrogen-bond donors (Lipinski definition) is 2. The number of hydrogen-bond acceptors (Lipinski definition) is 6. The molecule has 2 rings (SSSR count). The maximum absolute atomic E-state index is 11.6. The molecule has 1 aliphatic rings. The Labute approximate surface area is 108 Å². The van der Waals surface area contributed by atoms with Gasteiger partial charge in [0.2, 0.25) is 17.6 Å². The third-order valence-corrected chi connectivity index (χ3v) is 2.75. The lowest BCUT2D eigenvalue weighted by atomic mass is 10.1. The largest absolute Gasteiger partial charge is 0.353 e. The van der Waals surface area contributed by atoms with Crippen molar-refractivity contribution in [1.29, 1.82) is 0 Å². The van der Waals surface area contributed by atoms with Crippen LogP contribution in [0.4, 0.5) is 11.5 Å². The molecule has 0 saturated carbocycles. The van der Waals surface area contributed by atoms with E-state index >= 15 is 0 Å². The first-order chi connectivity index (χ1) is 8.97. The van der Waals surface area contributed by atoms with E-state index < -0.39 is 16.9 Å². The number of carbonyl (C=O) groups is 2. The number of nitro groups is 1. The molecule has 8 nitrogen and oxygen atoms in total. The van der Waals surface area contributed by atoms with Gasteiger partial charge in [-0.25, -0.2) is 4.98 Å². The highest BCUT2D eigenvalue weighted by Gasteiger charge is 2.28. The van der Waals surface area contributed by atoms with Crippen LogP contribution >= 0.6 is 0 Å². The molecule has 2 amide bonds. The monoisotopic (exact) mass is 264 g/mol. The number of aromatic nitrogens is 1. The summed E-state index contributed by atoms with van der Waals surface area (Å²) in [4.78, 5) is 36.9. The van der Waals surface area contributed by atoms with Crippen LogP contribution in [0.5, 0.6) is 0 Å². The minimum atomic E-state index is -0.688. The summed E-state index contributed by atoms with van der Waals surface area (Å²) in [6, 6.07) is 0.688. The lowest BCUT2D eigenvalue weighted by Gasteiger charge is -2.22. The van der Waals surface area contributed by atoms with E-state index in [2.05, 4.69) is 15.6 Å². The van der Waals surface area contributed by atoms with Gasteiger partial charge in [0, 0.05) is 18.7 Å². The number of carbonyl (C=O) groups excluding carboxylic acids is 2. The van der Waals surface area contributed by atoms with Crippen molar-refractivity contribution in [2.75, 3.05) is 5.32 Å². The minimum Gasteiger partial charge on any atom is -0.353 e. The Morgan fingerprint density at radius 2 is 2.26 bits per heavy atom. The molecule has 2 heterocycles. The van der Waals surface area contributed by atoms with Crippen LogP contribution in [-0.4, -0.2) is 27.8 Å². The van der Waals surface area contributed by atoms with Crippen LogP contribution in [-0.2, 0) is 9.59 Å². The number of anilines is 1. The Morgan fingerprint density at radius 1 is 1.53 bits per heavy atom. The third-order valence-electron chi connectivity index (χ3n) is 2.75. The highest BCUT2D eigenvalue weighted by molar-refractivity contribution is 6.01. The Kier molecular flexibility index (Phi) is 3.41. The van der Waals surface area contributed by atoms with Gasteiger partial charge in [0.1, 0.15) is 6.04 Å². The molecule has 2 N–H and O–H groups in total. The fourth-order valence-corrected chi connectivity index (χ4v) is 1.80. The zero-order chi connectivity index (χ0) is 14.0. The number of aryl methyl sites for hydroxylation is 1. The van der Waals surface area contributed by atoms with Crippen molar-refractivity contribution in [3.8, 4) is 0 Å². The number of imide groups is 1. The number of piperidine rings is 1. The molecule has 8 heteroatoms. The van der Waals surface area contributed by atoms with Crippen molar-refractivity contribution in [3.05, 3.63) is 27.9 Å². The number of nitrogens with zero attached hydrogens (tertiary/aromatic N) is 2. The molecule has 0 spiro atoms. The first-order valence-corrected chi connectivity index (χ1v) is 5.68. The Bertz CT molecular complexity index is 558. The van der Waals surface area contributed by atoms with E-state index in [0.717, 1.165) is 0 Å². The SMILES string of the molecule is Cc1cnc(NC2CCC(=O)NC2=O)c([N+](=O)[O-])c1. The van der Waals surface area contributed by atoms with Gasteiger partial charge < -0.3 is 5.32 Å². The van der Waals surface area contributed by atoms with Gasteiger partial charge in [0.15, 0.2) is 0 Å². The summed E-state index contributed by atoms with van der Waals surface area (Å²) in [5.74, 6) is -0.799.